The van der Waals surface area contributed by atoms with Crippen molar-refractivity contribution in [1.82, 2.24) is 14.5 Å². The fourth-order valence-electron chi connectivity index (χ4n) is 3.28. The lowest BCUT2D eigenvalue weighted by atomic mass is 10.2. The maximum atomic E-state index is 13.0. The van der Waals surface area contributed by atoms with Crippen LogP contribution >= 0.6 is 0 Å². The molecule has 0 fully saturated rings. The molecule has 2 aromatic carbocycles. The first-order chi connectivity index (χ1) is 16.2. The zero-order valence-electron chi connectivity index (χ0n) is 18.8. The van der Waals surface area contributed by atoms with Crippen LogP contribution in [0.15, 0.2) is 60.8 Å². The van der Waals surface area contributed by atoms with E-state index in [4.69, 9.17) is 4.74 Å². The third-order valence-corrected chi connectivity index (χ3v) is 5.05. The van der Waals surface area contributed by atoms with Crippen molar-refractivity contribution in [3.05, 3.63) is 66.4 Å². The van der Waals surface area contributed by atoms with E-state index in [2.05, 4.69) is 10.3 Å². The first kappa shape index (κ1) is 25.0. The maximum absolute atomic E-state index is 13.0. The summed E-state index contributed by atoms with van der Waals surface area (Å²) < 4.78 is 45.5. The molecule has 10 heteroatoms. The Morgan fingerprint density at radius 2 is 1.76 bits per heavy atom. The molecule has 2 amide bonds. The predicted molar refractivity (Wildman–Crippen MR) is 121 cm³/mol. The van der Waals surface area contributed by atoms with Crippen LogP contribution in [-0.4, -0.2) is 53.1 Å². The Kier molecular flexibility index (Phi) is 8.06. The number of carbonyl (C=O) groups is 2. The van der Waals surface area contributed by atoms with E-state index < -0.39 is 17.6 Å². The van der Waals surface area contributed by atoms with Crippen molar-refractivity contribution in [2.45, 2.75) is 19.5 Å². The second kappa shape index (κ2) is 11.0. The molecule has 1 heterocycles. The molecule has 0 aliphatic carbocycles. The summed E-state index contributed by atoms with van der Waals surface area (Å²) in [7, 11) is 1.50. The molecule has 180 valence electrons. The molecule has 7 nitrogen and oxygen atoms in total. The molecule has 1 aromatic heterocycles. The highest BCUT2D eigenvalue weighted by molar-refractivity contribution is 5.93. The highest BCUT2D eigenvalue weighted by atomic mass is 19.4. The number of nitrogens with one attached hydrogen (secondary N) is 1. The number of hydrogen-bond donors (Lipinski definition) is 1. The minimum atomic E-state index is -4.46. The van der Waals surface area contributed by atoms with Gasteiger partial charge in [-0.1, -0.05) is 37.3 Å². The fraction of sp³-hybridized carbons (Fsp3) is 0.292. The van der Waals surface area contributed by atoms with E-state index in [0.717, 1.165) is 17.7 Å². The molecule has 3 rings (SSSR count). The van der Waals surface area contributed by atoms with E-state index in [1.54, 1.807) is 13.1 Å². The third kappa shape index (κ3) is 6.22. The van der Waals surface area contributed by atoms with Gasteiger partial charge in [-0.25, -0.2) is 4.98 Å². The minimum Gasteiger partial charge on any atom is -0.383 e. The van der Waals surface area contributed by atoms with Crippen molar-refractivity contribution >= 4 is 17.8 Å². The van der Waals surface area contributed by atoms with Crippen molar-refractivity contribution in [2.24, 2.45) is 0 Å². The molecule has 0 radical (unpaired) electrons. The molecular formula is C24H25F3N4O3. The SMILES string of the molecule is CCC(=O)N(CCOC)CC(=O)Nc1nc(-c2ccccc2)cn1-c1ccc(C(F)(F)F)cc1. The number of carbonyl (C=O) groups excluding carboxylic acids is 2. The van der Waals surface area contributed by atoms with Gasteiger partial charge < -0.3 is 9.64 Å². The van der Waals surface area contributed by atoms with Crippen LogP contribution in [-0.2, 0) is 20.5 Å². The molecule has 0 unspecified atom stereocenters. The lowest BCUT2D eigenvalue weighted by Gasteiger charge is -2.21. The van der Waals surface area contributed by atoms with E-state index >= 15 is 0 Å². The summed E-state index contributed by atoms with van der Waals surface area (Å²) in [4.78, 5) is 30.8. The van der Waals surface area contributed by atoms with Gasteiger partial charge in [-0.3, -0.25) is 19.5 Å². The van der Waals surface area contributed by atoms with Gasteiger partial charge in [0.15, 0.2) is 0 Å². The van der Waals surface area contributed by atoms with Crippen molar-refractivity contribution in [1.29, 1.82) is 0 Å². The summed E-state index contributed by atoms with van der Waals surface area (Å²) in [6.45, 7) is 2.01. The minimum absolute atomic E-state index is 0.124. The van der Waals surface area contributed by atoms with Crippen molar-refractivity contribution < 1.29 is 27.5 Å². The monoisotopic (exact) mass is 474 g/mol. The molecule has 0 bridgehead atoms. The number of anilines is 1. The number of alkyl halides is 3. The number of rotatable bonds is 9. The molecule has 0 saturated heterocycles. The van der Waals surface area contributed by atoms with Gasteiger partial charge in [0.25, 0.3) is 0 Å². The Morgan fingerprint density at radius 1 is 1.09 bits per heavy atom. The van der Waals surface area contributed by atoms with E-state index in [0.29, 0.717) is 11.4 Å². The largest absolute Gasteiger partial charge is 0.416 e. The summed E-state index contributed by atoms with van der Waals surface area (Å²) in [5.74, 6) is -0.571. The molecule has 1 N–H and O–H groups in total. The van der Waals surface area contributed by atoms with Crippen LogP contribution in [0.25, 0.3) is 16.9 Å². The number of benzene rings is 2. The Labute approximate surface area is 195 Å². The van der Waals surface area contributed by atoms with Gasteiger partial charge in [0, 0.05) is 37.5 Å². The maximum Gasteiger partial charge on any atom is 0.416 e. The highest BCUT2D eigenvalue weighted by Crippen LogP contribution is 2.31. The van der Waals surface area contributed by atoms with Gasteiger partial charge in [0.1, 0.15) is 6.54 Å². The second-order valence-electron chi connectivity index (χ2n) is 7.44. The van der Waals surface area contributed by atoms with Crippen LogP contribution in [0.2, 0.25) is 0 Å². The standard InChI is InChI=1S/C24H25F3N4O3/c1-3-22(33)30(13-14-34-2)16-21(32)29-23-28-20(17-7-5-4-6-8-17)15-31(23)19-11-9-18(10-12-19)24(25,26)27/h4-12,15H,3,13-14,16H2,1-2H3,(H,28,29,32). The van der Waals surface area contributed by atoms with Crippen LogP contribution in [0.1, 0.15) is 18.9 Å². The molecule has 0 aliphatic rings. The zero-order chi connectivity index (χ0) is 24.7. The first-order valence-corrected chi connectivity index (χ1v) is 10.6. The Bertz CT molecular complexity index is 1110. The lowest BCUT2D eigenvalue weighted by molar-refractivity contribution is -0.137. The van der Waals surface area contributed by atoms with Gasteiger partial charge in [-0.2, -0.15) is 13.2 Å². The molecular weight excluding hydrogens is 449 g/mol. The molecule has 34 heavy (non-hydrogen) atoms. The number of amides is 2. The number of nitrogens with zero attached hydrogens (tertiary/aromatic N) is 3. The van der Waals surface area contributed by atoms with Gasteiger partial charge in [0.2, 0.25) is 17.8 Å². The topological polar surface area (TPSA) is 76.5 Å². The summed E-state index contributed by atoms with van der Waals surface area (Å²) in [5, 5.41) is 2.69. The van der Waals surface area contributed by atoms with Crippen LogP contribution in [0.5, 0.6) is 0 Å². The lowest BCUT2D eigenvalue weighted by Crippen LogP contribution is -2.39. The van der Waals surface area contributed by atoms with Crippen molar-refractivity contribution in [2.75, 3.05) is 32.1 Å². The average molecular weight is 474 g/mol. The number of halogens is 3. The number of imidazole rings is 1. The molecule has 0 atom stereocenters. The van der Waals surface area contributed by atoms with Crippen LogP contribution in [0, 0.1) is 0 Å². The molecule has 0 spiro atoms. The summed E-state index contributed by atoms with van der Waals surface area (Å²) in [6, 6.07) is 13.7. The van der Waals surface area contributed by atoms with Crippen LogP contribution in [0.3, 0.4) is 0 Å². The summed E-state index contributed by atoms with van der Waals surface area (Å²) >= 11 is 0. The van der Waals surface area contributed by atoms with Crippen molar-refractivity contribution in [3.63, 3.8) is 0 Å². The van der Waals surface area contributed by atoms with E-state index in [-0.39, 0.29) is 38.0 Å². The fourth-order valence-corrected chi connectivity index (χ4v) is 3.28. The number of aromatic nitrogens is 2. The van der Waals surface area contributed by atoms with Gasteiger partial charge in [0.05, 0.1) is 17.9 Å². The first-order valence-electron chi connectivity index (χ1n) is 10.6. The number of methoxy groups -OCH3 is 1. The Hall–Kier alpha value is -3.66. The van der Waals surface area contributed by atoms with Gasteiger partial charge >= 0.3 is 6.18 Å². The van der Waals surface area contributed by atoms with E-state index in [9.17, 15) is 22.8 Å². The van der Waals surface area contributed by atoms with E-state index in [1.165, 1.54) is 28.7 Å². The predicted octanol–water partition coefficient (Wildman–Crippen LogP) is 4.38. The normalized spacial score (nSPS) is 11.3. The smallest absolute Gasteiger partial charge is 0.383 e. The van der Waals surface area contributed by atoms with Crippen molar-refractivity contribution in [3.8, 4) is 16.9 Å². The zero-order valence-corrected chi connectivity index (χ0v) is 18.8. The van der Waals surface area contributed by atoms with E-state index in [1.807, 2.05) is 30.3 Å². The van der Waals surface area contributed by atoms with Gasteiger partial charge in [-0.05, 0) is 24.3 Å². The number of ether oxygens (including phenoxy) is 1. The molecule has 3 aromatic rings. The molecule has 0 saturated carbocycles. The third-order valence-electron chi connectivity index (χ3n) is 5.05. The number of hydrogen-bond acceptors (Lipinski definition) is 4. The summed E-state index contributed by atoms with van der Waals surface area (Å²) in [6.07, 6.45) is -2.60. The van der Waals surface area contributed by atoms with Crippen LogP contribution in [0.4, 0.5) is 19.1 Å². The Morgan fingerprint density at radius 3 is 2.35 bits per heavy atom. The highest BCUT2D eigenvalue weighted by Gasteiger charge is 2.30. The van der Waals surface area contributed by atoms with Crippen LogP contribution < -0.4 is 5.32 Å². The average Bonchev–Trinajstić information content (AvgIpc) is 3.25. The molecule has 0 aliphatic heterocycles. The second-order valence-corrected chi connectivity index (χ2v) is 7.44. The quantitative estimate of drug-likeness (QED) is 0.499. The summed E-state index contributed by atoms with van der Waals surface area (Å²) in [5.41, 5.74) is 0.902. The van der Waals surface area contributed by atoms with Gasteiger partial charge in [-0.15, -0.1) is 0 Å². The Balaban J connectivity index is 1.91.